The first kappa shape index (κ1) is 13.1. The first-order valence-electron chi connectivity index (χ1n) is 6.15. The Bertz CT molecular complexity index is 572. The van der Waals surface area contributed by atoms with Crippen LogP contribution in [0.4, 0.5) is 5.69 Å². The van der Waals surface area contributed by atoms with Gasteiger partial charge in [-0.3, -0.25) is 9.48 Å². The molecule has 5 nitrogen and oxygen atoms in total. The molecule has 0 aliphatic carbocycles. The summed E-state index contributed by atoms with van der Waals surface area (Å²) in [4.78, 5) is 11.8. The average molecular weight is 258 g/mol. The topological polar surface area (TPSA) is 72.9 Å². The molecule has 0 bridgehead atoms. The Kier molecular flexibility index (Phi) is 3.85. The second-order valence-electron chi connectivity index (χ2n) is 4.61. The third-order valence-corrected chi connectivity index (χ3v) is 2.94. The summed E-state index contributed by atoms with van der Waals surface area (Å²) in [5.74, 6) is -0.00646. The van der Waals surface area contributed by atoms with Gasteiger partial charge in [0, 0.05) is 31.0 Å². The number of carbonyl (C=O) groups excluding carboxylic acids is 1. The van der Waals surface area contributed by atoms with Crippen molar-refractivity contribution in [1.82, 2.24) is 15.1 Å². The summed E-state index contributed by atoms with van der Waals surface area (Å²) in [6, 6.07) is 7.33. The summed E-state index contributed by atoms with van der Waals surface area (Å²) in [5.41, 5.74) is 9.23. The largest absolute Gasteiger partial charge is 0.399 e. The highest BCUT2D eigenvalue weighted by Crippen LogP contribution is 2.07. The number of anilines is 1. The van der Waals surface area contributed by atoms with E-state index in [-0.39, 0.29) is 5.91 Å². The van der Waals surface area contributed by atoms with Crippen molar-refractivity contribution >= 4 is 11.6 Å². The molecular weight excluding hydrogens is 240 g/mol. The lowest BCUT2D eigenvalue weighted by molar-refractivity contribution is -0.120. The van der Waals surface area contributed by atoms with Gasteiger partial charge < -0.3 is 11.1 Å². The zero-order valence-corrected chi connectivity index (χ0v) is 11.2. The van der Waals surface area contributed by atoms with E-state index in [1.807, 2.05) is 32.3 Å². The summed E-state index contributed by atoms with van der Waals surface area (Å²) in [6.45, 7) is 2.44. The number of rotatable bonds is 4. The van der Waals surface area contributed by atoms with E-state index in [0.29, 0.717) is 18.7 Å². The lowest BCUT2D eigenvalue weighted by Gasteiger charge is -2.05. The predicted molar refractivity (Wildman–Crippen MR) is 74.4 cm³/mol. The molecule has 0 atom stereocenters. The highest BCUT2D eigenvalue weighted by atomic mass is 16.1. The fourth-order valence-corrected chi connectivity index (χ4v) is 1.90. The second-order valence-corrected chi connectivity index (χ2v) is 4.61. The Balaban J connectivity index is 1.88. The smallest absolute Gasteiger partial charge is 0.224 e. The van der Waals surface area contributed by atoms with Gasteiger partial charge in [-0.2, -0.15) is 5.10 Å². The van der Waals surface area contributed by atoms with Crippen LogP contribution >= 0.6 is 0 Å². The third kappa shape index (κ3) is 3.58. The fourth-order valence-electron chi connectivity index (χ4n) is 1.90. The van der Waals surface area contributed by atoms with Crippen molar-refractivity contribution in [2.75, 3.05) is 5.73 Å². The normalized spacial score (nSPS) is 10.4. The molecule has 0 aliphatic heterocycles. The Morgan fingerprint density at radius 3 is 2.63 bits per heavy atom. The maximum atomic E-state index is 11.8. The van der Waals surface area contributed by atoms with Crippen LogP contribution in [0.2, 0.25) is 0 Å². The van der Waals surface area contributed by atoms with Crippen molar-refractivity contribution in [1.29, 1.82) is 0 Å². The first-order valence-corrected chi connectivity index (χ1v) is 6.15. The predicted octanol–water partition coefficient (Wildman–Crippen LogP) is 1.17. The Morgan fingerprint density at radius 2 is 2.05 bits per heavy atom. The molecule has 0 saturated heterocycles. The van der Waals surface area contributed by atoms with Crippen molar-refractivity contribution in [3.63, 3.8) is 0 Å². The van der Waals surface area contributed by atoms with Crippen LogP contribution in [-0.4, -0.2) is 15.7 Å². The van der Waals surface area contributed by atoms with Crippen LogP contribution < -0.4 is 11.1 Å². The molecular formula is C14H18N4O. The summed E-state index contributed by atoms with van der Waals surface area (Å²) in [6.07, 6.45) is 2.28. The van der Waals surface area contributed by atoms with Gasteiger partial charge in [-0.15, -0.1) is 0 Å². The molecule has 2 aromatic rings. The van der Waals surface area contributed by atoms with Gasteiger partial charge >= 0.3 is 0 Å². The van der Waals surface area contributed by atoms with Crippen LogP contribution in [0.5, 0.6) is 0 Å². The molecule has 1 amide bonds. The molecule has 2 rings (SSSR count). The number of amides is 1. The van der Waals surface area contributed by atoms with Crippen LogP contribution in [0.25, 0.3) is 0 Å². The molecule has 100 valence electrons. The zero-order valence-electron chi connectivity index (χ0n) is 11.2. The summed E-state index contributed by atoms with van der Waals surface area (Å²) >= 11 is 0. The van der Waals surface area contributed by atoms with Crippen LogP contribution in [0.15, 0.2) is 30.5 Å². The Hall–Kier alpha value is -2.30. The van der Waals surface area contributed by atoms with Gasteiger partial charge in [0.2, 0.25) is 5.91 Å². The number of aryl methyl sites for hydroxylation is 2. The molecule has 0 saturated carbocycles. The summed E-state index contributed by atoms with van der Waals surface area (Å²) in [5, 5.41) is 7.13. The van der Waals surface area contributed by atoms with E-state index in [9.17, 15) is 4.79 Å². The highest BCUT2D eigenvalue weighted by Gasteiger charge is 2.06. The summed E-state index contributed by atoms with van der Waals surface area (Å²) < 4.78 is 1.75. The highest BCUT2D eigenvalue weighted by molar-refractivity contribution is 5.78. The van der Waals surface area contributed by atoms with E-state index in [2.05, 4.69) is 10.4 Å². The Labute approximate surface area is 112 Å². The monoisotopic (exact) mass is 258 g/mol. The van der Waals surface area contributed by atoms with E-state index in [0.717, 1.165) is 16.8 Å². The molecule has 0 aliphatic rings. The number of aromatic nitrogens is 2. The van der Waals surface area contributed by atoms with Gasteiger partial charge in [0.05, 0.1) is 12.1 Å². The van der Waals surface area contributed by atoms with Gasteiger partial charge in [0.1, 0.15) is 0 Å². The number of nitrogens with zero attached hydrogens (tertiary/aromatic N) is 2. The van der Waals surface area contributed by atoms with Crippen molar-refractivity contribution in [2.24, 2.45) is 7.05 Å². The molecule has 19 heavy (non-hydrogen) atoms. The van der Waals surface area contributed by atoms with Crippen molar-refractivity contribution in [3.05, 3.63) is 47.3 Å². The molecule has 0 spiro atoms. The van der Waals surface area contributed by atoms with E-state index < -0.39 is 0 Å². The van der Waals surface area contributed by atoms with Crippen molar-refractivity contribution < 1.29 is 4.79 Å². The summed E-state index contributed by atoms with van der Waals surface area (Å²) in [7, 11) is 1.87. The quantitative estimate of drug-likeness (QED) is 0.808. The van der Waals surface area contributed by atoms with Crippen LogP contribution in [0.1, 0.15) is 16.8 Å². The minimum absolute atomic E-state index is 0.00646. The van der Waals surface area contributed by atoms with Crippen LogP contribution in [0.3, 0.4) is 0 Å². The first-order chi connectivity index (χ1) is 9.04. The molecule has 5 heteroatoms. The third-order valence-electron chi connectivity index (χ3n) is 2.94. The van der Waals surface area contributed by atoms with Crippen molar-refractivity contribution in [3.8, 4) is 0 Å². The van der Waals surface area contributed by atoms with E-state index in [1.54, 1.807) is 16.8 Å². The molecule has 0 fully saturated rings. The SMILES string of the molecule is Cc1nn(C)cc1CNC(=O)Cc1ccc(N)cc1. The van der Waals surface area contributed by atoms with Crippen LogP contribution in [0, 0.1) is 6.92 Å². The maximum absolute atomic E-state index is 11.8. The van der Waals surface area contributed by atoms with Gasteiger partial charge in [0.25, 0.3) is 0 Å². The van der Waals surface area contributed by atoms with Crippen molar-refractivity contribution in [2.45, 2.75) is 19.9 Å². The number of nitrogens with one attached hydrogen (secondary N) is 1. The average Bonchev–Trinajstić information content (AvgIpc) is 2.68. The van der Waals surface area contributed by atoms with Gasteiger partial charge in [0.15, 0.2) is 0 Å². The number of carbonyl (C=O) groups is 1. The van der Waals surface area contributed by atoms with E-state index in [4.69, 9.17) is 5.73 Å². The minimum atomic E-state index is -0.00646. The lowest BCUT2D eigenvalue weighted by atomic mass is 10.1. The molecule has 1 aromatic carbocycles. The number of benzene rings is 1. The number of hydrogen-bond donors (Lipinski definition) is 2. The van der Waals surface area contributed by atoms with Gasteiger partial charge in [-0.1, -0.05) is 12.1 Å². The maximum Gasteiger partial charge on any atom is 0.224 e. The number of hydrogen-bond acceptors (Lipinski definition) is 3. The van der Waals surface area contributed by atoms with Gasteiger partial charge in [-0.25, -0.2) is 0 Å². The fraction of sp³-hybridized carbons (Fsp3) is 0.286. The molecule has 0 radical (unpaired) electrons. The van der Waals surface area contributed by atoms with E-state index >= 15 is 0 Å². The second kappa shape index (κ2) is 5.56. The zero-order chi connectivity index (χ0) is 13.8. The number of nitrogens with two attached hydrogens (primary N) is 1. The molecule has 1 heterocycles. The lowest BCUT2D eigenvalue weighted by Crippen LogP contribution is -2.24. The van der Waals surface area contributed by atoms with Gasteiger partial charge in [-0.05, 0) is 24.6 Å². The van der Waals surface area contributed by atoms with Crippen LogP contribution in [-0.2, 0) is 24.8 Å². The molecule has 0 unspecified atom stereocenters. The number of nitrogen functional groups attached to an aromatic ring is 1. The molecule has 1 aromatic heterocycles. The minimum Gasteiger partial charge on any atom is -0.399 e. The Morgan fingerprint density at radius 1 is 1.37 bits per heavy atom. The standard InChI is InChI=1S/C14H18N4O/c1-10-12(9-18(2)17-10)8-16-14(19)7-11-3-5-13(15)6-4-11/h3-6,9H,7-8,15H2,1-2H3,(H,16,19). The molecule has 3 N–H and O–H groups in total. The van der Waals surface area contributed by atoms with E-state index in [1.165, 1.54) is 0 Å².